The third-order valence-corrected chi connectivity index (χ3v) is 11.0. The van der Waals surface area contributed by atoms with Crippen LogP contribution >= 0.6 is 0 Å². The second kappa shape index (κ2) is 16.4. The third kappa shape index (κ3) is 8.29. The molecule has 0 aromatic heterocycles. The van der Waals surface area contributed by atoms with Gasteiger partial charge in [0.2, 0.25) is 0 Å². The Morgan fingerprint density at radius 2 is 1.80 bits per heavy atom. The molecular weight excluding hydrogens is 555 g/mol. The molecule has 5 aliphatic carbocycles. The molecule has 0 bridgehead atoms. The fourth-order valence-electron chi connectivity index (χ4n) is 8.25. The molecule has 0 amide bonds. The average molecular weight is 610 g/mol. The van der Waals surface area contributed by atoms with Gasteiger partial charge in [0.1, 0.15) is 0 Å². The Bertz CT molecular complexity index is 1630. The minimum Gasteiger partial charge on any atom is -0.307 e. The van der Waals surface area contributed by atoms with Crippen molar-refractivity contribution in [3.63, 3.8) is 0 Å². The van der Waals surface area contributed by atoms with Crippen LogP contribution in [0.15, 0.2) is 132 Å². The molecule has 0 radical (unpaired) electrons. The van der Waals surface area contributed by atoms with Crippen LogP contribution in [0.3, 0.4) is 0 Å². The van der Waals surface area contributed by atoms with Gasteiger partial charge in [-0.3, -0.25) is 0 Å². The normalized spacial score (nSPS) is 25.7. The van der Waals surface area contributed by atoms with Gasteiger partial charge in [0, 0.05) is 12.6 Å². The Labute approximate surface area is 279 Å². The first-order valence-electron chi connectivity index (χ1n) is 18.3. The molecule has 1 heteroatoms. The van der Waals surface area contributed by atoms with Gasteiger partial charge in [-0.15, -0.1) is 0 Å². The molecule has 0 saturated carbocycles. The molecule has 5 aliphatic rings. The smallest absolute Gasteiger partial charge is 0.0253 e. The Kier molecular flexibility index (Phi) is 11.6. The predicted octanol–water partition coefficient (Wildman–Crippen LogP) is 10.2. The van der Waals surface area contributed by atoms with Crippen molar-refractivity contribution in [2.75, 3.05) is 6.54 Å². The molecule has 6 rings (SSSR count). The van der Waals surface area contributed by atoms with Crippen molar-refractivity contribution in [1.29, 1.82) is 0 Å². The first-order valence-corrected chi connectivity index (χ1v) is 18.3. The fraction of sp³-hybridized carbons (Fsp3) is 0.422. The summed E-state index contributed by atoms with van der Waals surface area (Å²) in [5.41, 5.74) is 10.9. The number of allylic oxidation sites excluding steroid dienone is 15. The summed E-state index contributed by atoms with van der Waals surface area (Å²) in [7, 11) is 0. The minimum atomic E-state index is 0.508. The van der Waals surface area contributed by atoms with E-state index in [-0.39, 0.29) is 0 Å². The number of hydrogen-bond acceptors (Lipinski definition) is 1. The van der Waals surface area contributed by atoms with Crippen molar-refractivity contribution in [3.8, 4) is 0 Å². The lowest BCUT2D eigenvalue weighted by atomic mass is 9.79. The molecule has 1 nitrogen and oxygen atoms in total. The molecule has 3 atom stereocenters. The van der Waals surface area contributed by atoms with E-state index in [0.29, 0.717) is 17.9 Å². The molecule has 1 unspecified atom stereocenters. The Morgan fingerprint density at radius 1 is 0.891 bits per heavy atom. The minimum absolute atomic E-state index is 0.508. The topological polar surface area (TPSA) is 12.0 Å². The zero-order chi connectivity index (χ0) is 31.6. The standard InChI is InChI=1S/C45H55N/c1-3-4-7-15-35-25-28-37(29-26-35)40(33-46-41-20-10-6-11-21-41)27-24-34(2)42-30-31-43(45-23-13-12-22-44(42)45)39-19-14-18-38(32-39)36-16-8-5-9-17-36/h3-5,7-8,10,12-13,18,20,22-25,27,32,36-37,41,46H,1,6,9,11,14-17,19,21,26,28-31,33H2,2H3/b7-4-,34-24+,40-27+/t36-,37-,41?/m1/s1. The lowest BCUT2D eigenvalue weighted by Gasteiger charge is -2.27. The SMILES string of the molecule is C=C/C=C\CC1=CC[C@@H](/C(=C/C=C(\C)C2=c3ccccc3=C(C3=CC([C@@H]4CC=CCC4)=CCC3)CC2)CNC2C=CCCC2)CC1. The summed E-state index contributed by atoms with van der Waals surface area (Å²) in [6, 6.07) is 9.76. The van der Waals surface area contributed by atoms with Crippen molar-refractivity contribution >= 4 is 11.1 Å². The van der Waals surface area contributed by atoms with E-state index < -0.39 is 0 Å². The zero-order valence-electron chi connectivity index (χ0n) is 28.3. The molecule has 0 aliphatic heterocycles. The summed E-state index contributed by atoms with van der Waals surface area (Å²) < 4.78 is 0. The summed E-state index contributed by atoms with van der Waals surface area (Å²) in [4.78, 5) is 0. The number of benzene rings is 1. The van der Waals surface area contributed by atoms with Crippen LogP contribution in [-0.4, -0.2) is 12.6 Å². The maximum atomic E-state index is 3.91. The Morgan fingerprint density at radius 3 is 2.59 bits per heavy atom. The zero-order valence-corrected chi connectivity index (χ0v) is 28.3. The molecular formula is C45H55N. The molecule has 240 valence electrons. The first kappa shape index (κ1) is 32.5. The quantitative estimate of drug-likeness (QED) is 0.194. The molecule has 1 aromatic carbocycles. The van der Waals surface area contributed by atoms with Crippen molar-refractivity contribution in [3.05, 3.63) is 142 Å². The van der Waals surface area contributed by atoms with Crippen molar-refractivity contribution in [2.45, 2.75) is 103 Å². The van der Waals surface area contributed by atoms with Crippen LogP contribution in [-0.2, 0) is 0 Å². The lowest BCUT2D eigenvalue weighted by molar-refractivity contribution is 0.487. The largest absolute Gasteiger partial charge is 0.307 e. The fourth-order valence-corrected chi connectivity index (χ4v) is 8.25. The number of hydrogen-bond donors (Lipinski definition) is 1. The van der Waals surface area contributed by atoms with Gasteiger partial charge in [0.05, 0.1) is 0 Å². The summed E-state index contributed by atoms with van der Waals surface area (Å²) in [6.45, 7) is 7.15. The molecule has 0 fully saturated rings. The predicted molar refractivity (Wildman–Crippen MR) is 200 cm³/mol. The van der Waals surface area contributed by atoms with E-state index >= 15 is 0 Å². The van der Waals surface area contributed by atoms with Crippen LogP contribution in [0.25, 0.3) is 11.1 Å². The lowest BCUT2D eigenvalue weighted by Crippen LogP contribution is -2.33. The third-order valence-electron chi connectivity index (χ3n) is 11.0. The van der Waals surface area contributed by atoms with Gasteiger partial charge >= 0.3 is 0 Å². The van der Waals surface area contributed by atoms with Crippen LogP contribution in [0, 0.1) is 11.8 Å². The van der Waals surface area contributed by atoms with Crippen molar-refractivity contribution in [2.24, 2.45) is 11.8 Å². The van der Waals surface area contributed by atoms with Gasteiger partial charge in [0.25, 0.3) is 0 Å². The van der Waals surface area contributed by atoms with Gasteiger partial charge in [-0.1, -0.05) is 115 Å². The van der Waals surface area contributed by atoms with Crippen LogP contribution < -0.4 is 15.8 Å². The molecule has 0 heterocycles. The maximum absolute atomic E-state index is 3.91. The van der Waals surface area contributed by atoms with Gasteiger partial charge in [-0.2, -0.15) is 0 Å². The molecule has 1 N–H and O–H groups in total. The second-order valence-corrected chi connectivity index (χ2v) is 14.0. The highest BCUT2D eigenvalue weighted by Gasteiger charge is 2.22. The summed E-state index contributed by atoms with van der Waals surface area (Å²) in [6.07, 6.45) is 45.1. The number of fused-ring (bicyclic) bond motifs is 1. The van der Waals surface area contributed by atoms with Crippen molar-refractivity contribution in [1.82, 2.24) is 5.32 Å². The molecule has 0 spiro atoms. The Hall–Kier alpha value is -3.42. The highest BCUT2D eigenvalue weighted by Crippen LogP contribution is 2.36. The van der Waals surface area contributed by atoms with Crippen LogP contribution in [0.4, 0.5) is 0 Å². The number of nitrogens with one attached hydrogen (secondary N) is 1. The van der Waals surface area contributed by atoms with E-state index in [1.54, 1.807) is 27.9 Å². The number of rotatable bonds is 11. The monoisotopic (exact) mass is 609 g/mol. The van der Waals surface area contributed by atoms with Crippen LogP contribution in [0.2, 0.25) is 0 Å². The van der Waals surface area contributed by atoms with E-state index in [1.807, 2.05) is 6.08 Å². The first-order chi connectivity index (χ1) is 22.7. The average Bonchev–Trinajstić information content (AvgIpc) is 3.12. The Balaban J connectivity index is 1.28. The van der Waals surface area contributed by atoms with Crippen LogP contribution in [0.5, 0.6) is 0 Å². The highest BCUT2D eigenvalue weighted by atomic mass is 14.9. The second-order valence-electron chi connectivity index (χ2n) is 14.0. The van der Waals surface area contributed by atoms with E-state index in [4.69, 9.17) is 0 Å². The van der Waals surface area contributed by atoms with Gasteiger partial charge in [-0.25, -0.2) is 0 Å². The maximum Gasteiger partial charge on any atom is 0.0253 e. The molecule has 1 aromatic rings. The highest BCUT2D eigenvalue weighted by molar-refractivity contribution is 5.75. The summed E-state index contributed by atoms with van der Waals surface area (Å²) in [5, 5.41) is 6.83. The van der Waals surface area contributed by atoms with Crippen molar-refractivity contribution < 1.29 is 0 Å². The van der Waals surface area contributed by atoms with Gasteiger partial charge in [-0.05, 0) is 147 Å². The van der Waals surface area contributed by atoms with E-state index in [1.165, 1.54) is 85.8 Å². The summed E-state index contributed by atoms with van der Waals surface area (Å²) in [5.74, 6) is 1.32. The molecule has 46 heavy (non-hydrogen) atoms. The van der Waals surface area contributed by atoms with E-state index in [2.05, 4.69) is 110 Å². The van der Waals surface area contributed by atoms with E-state index in [0.717, 1.165) is 32.2 Å². The van der Waals surface area contributed by atoms with Gasteiger partial charge < -0.3 is 5.32 Å². The molecule has 0 saturated heterocycles. The van der Waals surface area contributed by atoms with Crippen LogP contribution in [0.1, 0.15) is 96.8 Å². The van der Waals surface area contributed by atoms with E-state index in [9.17, 15) is 0 Å². The summed E-state index contributed by atoms with van der Waals surface area (Å²) >= 11 is 0. The van der Waals surface area contributed by atoms with Gasteiger partial charge in [0.15, 0.2) is 0 Å².